The highest BCUT2D eigenvalue weighted by Crippen LogP contribution is 2.28. The highest BCUT2D eigenvalue weighted by atomic mass is 16.5. The smallest absolute Gasteiger partial charge is 0.277 e. The number of benzene rings is 1. The number of hydrogen-bond acceptors (Lipinski definition) is 6. The molecule has 0 aliphatic heterocycles. The first-order valence-electron chi connectivity index (χ1n) is 5.92. The molecule has 0 saturated heterocycles. The normalized spacial score (nSPS) is 10.3. The number of phenolic OH excluding ortho intramolecular Hbond substituents is 1. The number of carbonyl (C=O) groups excluding carboxylic acids is 1. The molecule has 2 rings (SSSR count). The Morgan fingerprint density at radius 2 is 2.35 bits per heavy atom. The summed E-state index contributed by atoms with van der Waals surface area (Å²) in [6, 6.07) is 4.53. The molecule has 0 saturated carbocycles. The van der Waals surface area contributed by atoms with E-state index >= 15 is 0 Å². The standard InChI is InChI=1S/C12H15N5O3/c1-20-8-2-3-11(18)9(6-8)14-12(19)10-7-17(5-4-13)16-15-10/h2-3,6-7,18H,4-5,13H2,1H3,(H,14,19). The second-order valence-electron chi connectivity index (χ2n) is 3.99. The molecule has 0 radical (unpaired) electrons. The second-order valence-corrected chi connectivity index (χ2v) is 3.99. The highest BCUT2D eigenvalue weighted by molar-refractivity contribution is 6.03. The number of methoxy groups -OCH3 is 1. The number of rotatable bonds is 5. The van der Waals surface area contributed by atoms with E-state index in [2.05, 4.69) is 15.6 Å². The molecule has 20 heavy (non-hydrogen) atoms. The van der Waals surface area contributed by atoms with Crippen LogP contribution in [0.5, 0.6) is 11.5 Å². The maximum absolute atomic E-state index is 12.0. The molecule has 2 aromatic rings. The topological polar surface area (TPSA) is 115 Å². The Morgan fingerprint density at radius 1 is 1.55 bits per heavy atom. The maximum Gasteiger partial charge on any atom is 0.277 e. The predicted molar refractivity (Wildman–Crippen MR) is 71.7 cm³/mol. The van der Waals surface area contributed by atoms with Crippen LogP contribution in [0.4, 0.5) is 5.69 Å². The summed E-state index contributed by atoms with van der Waals surface area (Å²) >= 11 is 0. The highest BCUT2D eigenvalue weighted by Gasteiger charge is 2.13. The van der Waals surface area contributed by atoms with E-state index in [1.54, 1.807) is 6.07 Å². The van der Waals surface area contributed by atoms with Gasteiger partial charge in [0.1, 0.15) is 11.5 Å². The largest absolute Gasteiger partial charge is 0.506 e. The molecule has 8 heteroatoms. The fourth-order valence-electron chi connectivity index (χ4n) is 1.57. The number of anilines is 1. The van der Waals surface area contributed by atoms with Crippen LogP contribution in [0.1, 0.15) is 10.5 Å². The zero-order valence-corrected chi connectivity index (χ0v) is 10.9. The third-order valence-corrected chi connectivity index (χ3v) is 2.58. The third kappa shape index (κ3) is 3.04. The van der Waals surface area contributed by atoms with Gasteiger partial charge in [0.25, 0.3) is 5.91 Å². The Bertz CT molecular complexity index is 611. The Balaban J connectivity index is 2.14. The van der Waals surface area contributed by atoms with E-state index in [0.29, 0.717) is 18.8 Å². The van der Waals surface area contributed by atoms with Crippen LogP contribution < -0.4 is 15.8 Å². The minimum atomic E-state index is -0.475. The van der Waals surface area contributed by atoms with Crippen molar-refractivity contribution >= 4 is 11.6 Å². The first kappa shape index (κ1) is 13.8. The second kappa shape index (κ2) is 6.02. The van der Waals surface area contributed by atoms with Gasteiger partial charge in [-0.15, -0.1) is 5.10 Å². The Hall–Kier alpha value is -2.61. The summed E-state index contributed by atoms with van der Waals surface area (Å²) in [6.07, 6.45) is 1.49. The van der Waals surface area contributed by atoms with Gasteiger partial charge in [0.05, 0.1) is 25.5 Å². The molecule has 0 fully saturated rings. The van der Waals surface area contributed by atoms with Gasteiger partial charge in [-0.3, -0.25) is 9.48 Å². The molecule has 0 bridgehead atoms. The molecule has 1 heterocycles. The lowest BCUT2D eigenvalue weighted by Gasteiger charge is -2.07. The summed E-state index contributed by atoms with van der Waals surface area (Å²) in [7, 11) is 1.50. The molecule has 0 aliphatic carbocycles. The van der Waals surface area contributed by atoms with Crippen LogP contribution in [-0.4, -0.2) is 39.7 Å². The van der Waals surface area contributed by atoms with Gasteiger partial charge in [0, 0.05) is 12.6 Å². The summed E-state index contributed by atoms with van der Waals surface area (Å²) in [4.78, 5) is 12.0. The number of nitrogens with two attached hydrogens (primary N) is 1. The van der Waals surface area contributed by atoms with Gasteiger partial charge in [-0.2, -0.15) is 0 Å². The van der Waals surface area contributed by atoms with Crippen molar-refractivity contribution in [1.82, 2.24) is 15.0 Å². The van der Waals surface area contributed by atoms with Gasteiger partial charge in [0.2, 0.25) is 0 Å². The van der Waals surface area contributed by atoms with E-state index in [4.69, 9.17) is 10.5 Å². The average Bonchev–Trinajstić information content (AvgIpc) is 2.90. The molecule has 106 valence electrons. The van der Waals surface area contributed by atoms with Crippen molar-refractivity contribution < 1.29 is 14.6 Å². The number of phenols is 1. The van der Waals surface area contributed by atoms with Gasteiger partial charge in [-0.1, -0.05) is 5.21 Å². The number of aromatic nitrogens is 3. The van der Waals surface area contributed by atoms with Crippen molar-refractivity contribution in [2.75, 3.05) is 19.0 Å². The molecule has 0 unspecified atom stereocenters. The summed E-state index contributed by atoms with van der Waals surface area (Å²) in [5, 5.41) is 19.7. The minimum absolute atomic E-state index is 0.0616. The number of carbonyl (C=O) groups is 1. The number of aromatic hydroxyl groups is 1. The molecule has 8 nitrogen and oxygen atoms in total. The lowest BCUT2D eigenvalue weighted by molar-refractivity contribution is 0.102. The third-order valence-electron chi connectivity index (χ3n) is 2.58. The lowest BCUT2D eigenvalue weighted by Crippen LogP contribution is -2.13. The predicted octanol–water partition coefficient (Wildman–Crippen LogP) is 0.203. The van der Waals surface area contributed by atoms with Crippen molar-refractivity contribution in [3.63, 3.8) is 0 Å². The van der Waals surface area contributed by atoms with Crippen LogP contribution >= 0.6 is 0 Å². The fourth-order valence-corrected chi connectivity index (χ4v) is 1.57. The van der Waals surface area contributed by atoms with Crippen LogP contribution in [0.2, 0.25) is 0 Å². The summed E-state index contributed by atoms with van der Waals surface area (Å²) in [5.41, 5.74) is 5.76. The fraction of sp³-hybridized carbons (Fsp3) is 0.250. The summed E-state index contributed by atoms with van der Waals surface area (Å²) in [6.45, 7) is 0.881. The molecule has 1 aromatic carbocycles. The van der Waals surface area contributed by atoms with Gasteiger partial charge >= 0.3 is 0 Å². The number of hydrogen-bond donors (Lipinski definition) is 3. The van der Waals surface area contributed by atoms with Crippen molar-refractivity contribution in [1.29, 1.82) is 0 Å². The van der Waals surface area contributed by atoms with E-state index < -0.39 is 5.91 Å². The quantitative estimate of drug-likeness (QED) is 0.673. The number of ether oxygens (including phenoxy) is 1. The van der Waals surface area contributed by atoms with Crippen molar-refractivity contribution in [3.8, 4) is 11.5 Å². The zero-order valence-electron chi connectivity index (χ0n) is 10.9. The average molecular weight is 277 g/mol. The first-order valence-corrected chi connectivity index (χ1v) is 5.92. The van der Waals surface area contributed by atoms with Crippen molar-refractivity contribution in [2.45, 2.75) is 6.54 Å². The molecular weight excluding hydrogens is 262 g/mol. The molecule has 0 atom stereocenters. The Kier molecular flexibility index (Phi) is 4.16. The monoisotopic (exact) mass is 277 g/mol. The van der Waals surface area contributed by atoms with Gasteiger partial charge in [-0.05, 0) is 12.1 Å². The molecule has 1 aromatic heterocycles. The van der Waals surface area contributed by atoms with Crippen LogP contribution in [0.15, 0.2) is 24.4 Å². The van der Waals surface area contributed by atoms with Crippen LogP contribution in [0.3, 0.4) is 0 Å². The van der Waals surface area contributed by atoms with E-state index in [1.807, 2.05) is 0 Å². The number of nitrogens with zero attached hydrogens (tertiary/aromatic N) is 3. The summed E-state index contributed by atoms with van der Waals surface area (Å²) < 4.78 is 6.50. The van der Waals surface area contributed by atoms with Crippen molar-refractivity contribution in [2.24, 2.45) is 5.73 Å². The Morgan fingerprint density at radius 3 is 3.05 bits per heavy atom. The minimum Gasteiger partial charge on any atom is -0.506 e. The van der Waals surface area contributed by atoms with Gasteiger partial charge in [0.15, 0.2) is 5.69 Å². The Labute approximate surface area is 115 Å². The van der Waals surface area contributed by atoms with E-state index in [-0.39, 0.29) is 17.1 Å². The first-order chi connectivity index (χ1) is 9.63. The molecule has 0 spiro atoms. The van der Waals surface area contributed by atoms with Crippen LogP contribution in [0, 0.1) is 0 Å². The van der Waals surface area contributed by atoms with Crippen molar-refractivity contribution in [3.05, 3.63) is 30.1 Å². The number of nitrogens with one attached hydrogen (secondary N) is 1. The number of amides is 1. The van der Waals surface area contributed by atoms with E-state index in [1.165, 1.54) is 30.1 Å². The molecule has 1 amide bonds. The SMILES string of the molecule is COc1ccc(O)c(NC(=O)c2cn(CCN)nn2)c1. The maximum atomic E-state index is 12.0. The molecular formula is C12H15N5O3. The molecule has 4 N–H and O–H groups in total. The lowest BCUT2D eigenvalue weighted by atomic mass is 10.2. The van der Waals surface area contributed by atoms with Gasteiger partial charge < -0.3 is 20.9 Å². The van der Waals surface area contributed by atoms with E-state index in [9.17, 15) is 9.90 Å². The van der Waals surface area contributed by atoms with E-state index in [0.717, 1.165) is 0 Å². The van der Waals surface area contributed by atoms with Crippen LogP contribution in [0.25, 0.3) is 0 Å². The molecule has 0 aliphatic rings. The zero-order chi connectivity index (χ0) is 14.5. The van der Waals surface area contributed by atoms with Gasteiger partial charge in [-0.25, -0.2) is 0 Å². The summed E-state index contributed by atoms with van der Waals surface area (Å²) in [5.74, 6) is -0.0183. The van der Waals surface area contributed by atoms with Crippen LogP contribution in [-0.2, 0) is 6.54 Å².